The molecule has 5 nitrogen and oxygen atoms in total. The van der Waals surface area contributed by atoms with Gasteiger partial charge in [0, 0.05) is 11.9 Å². The number of carbonyl (C=O) groups excluding carboxylic acids is 1. The summed E-state index contributed by atoms with van der Waals surface area (Å²) in [6.45, 7) is 0. The van der Waals surface area contributed by atoms with Crippen LogP contribution in [0.5, 0.6) is 0 Å². The summed E-state index contributed by atoms with van der Waals surface area (Å²) in [5, 5.41) is 3.15. The predicted molar refractivity (Wildman–Crippen MR) is 79.9 cm³/mol. The number of aromatic amines is 1. The molecule has 3 aromatic rings. The molecule has 0 aliphatic heterocycles. The van der Waals surface area contributed by atoms with Gasteiger partial charge in [-0.05, 0) is 36.4 Å². The van der Waals surface area contributed by atoms with Crippen molar-refractivity contribution >= 4 is 39.9 Å². The molecule has 0 saturated carbocycles. The maximum Gasteiger partial charge on any atom is 0.272 e. The number of nitrogen functional groups attached to an aromatic ring is 1. The molecule has 1 aromatic carbocycles. The number of aromatic nitrogens is 2. The Hall–Kier alpha value is -2.53. The van der Waals surface area contributed by atoms with Crippen LogP contribution < -0.4 is 11.1 Å². The number of fused-ring (bicyclic) bond motifs is 1. The standard InChI is InChI=1S/C14H11ClN4O/c15-9-6-8(3-4-10(9)16)18-14(20)13-7-12-11(19-13)2-1-5-17-12/h1-7,19H,16H2,(H,18,20). The molecule has 0 fully saturated rings. The number of nitrogens with zero attached hydrogens (tertiary/aromatic N) is 1. The van der Waals surface area contributed by atoms with Crippen molar-refractivity contribution in [2.24, 2.45) is 0 Å². The number of halogens is 1. The third-order valence-electron chi connectivity index (χ3n) is 2.89. The van der Waals surface area contributed by atoms with E-state index in [4.69, 9.17) is 17.3 Å². The summed E-state index contributed by atoms with van der Waals surface area (Å²) in [6, 6.07) is 10.3. The van der Waals surface area contributed by atoms with Crippen LogP contribution in [0.2, 0.25) is 5.02 Å². The van der Waals surface area contributed by atoms with Crippen molar-refractivity contribution in [1.29, 1.82) is 0 Å². The molecule has 100 valence electrons. The Morgan fingerprint density at radius 3 is 2.90 bits per heavy atom. The minimum absolute atomic E-state index is 0.260. The molecule has 0 saturated heterocycles. The molecule has 0 atom stereocenters. The van der Waals surface area contributed by atoms with E-state index in [2.05, 4.69) is 15.3 Å². The van der Waals surface area contributed by atoms with Crippen molar-refractivity contribution < 1.29 is 4.79 Å². The Morgan fingerprint density at radius 1 is 1.30 bits per heavy atom. The Morgan fingerprint density at radius 2 is 2.15 bits per heavy atom. The number of amides is 1. The fraction of sp³-hybridized carbons (Fsp3) is 0. The zero-order valence-electron chi connectivity index (χ0n) is 10.4. The molecule has 2 heterocycles. The highest BCUT2D eigenvalue weighted by atomic mass is 35.5. The minimum atomic E-state index is -0.260. The average molecular weight is 287 g/mol. The first-order chi connectivity index (χ1) is 9.63. The summed E-state index contributed by atoms with van der Waals surface area (Å²) < 4.78 is 0. The molecule has 6 heteroatoms. The van der Waals surface area contributed by atoms with Crippen molar-refractivity contribution in [2.45, 2.75) is 0 Å². The number of H-pyrrole nitrogens is 1. The third-order valence-corrected chi connectivity index (χ3v) is 3.22. The Balaban J connectivity index is 1.86. The second-order valence-corrected chi connectivity index (χ2v) is 4.72. The van der Waals surface area contributed by atoms with E-state index in [1.54, 1.807) is 36.5 Å². The smallest absolute Gasteiger partial charge is 0.272 e. The van der Waals surface area contributed by atoms with Gasteiger partial charge in [-0.25, -0.2) is 0 Å². The van der Waals surface area contributed by atoms with Gasteiger partial charge in [0.25, 0.3) is 5.91 Å². The van der Waals surface area contributed by atoms with Crippen LogP contribution in [0.3, 0.4) is 0 Å². The van der Waals surface area contributed by atoms with E-state index in [1.165, 1.54) is 0 Å². The molecule has 20 heavy (non-hydrogen) atoms. The topological polar surface area (TPSA) is 83.8 Å². The number of nitrogens with two attached hydrogens (primary N) is 1. The number of benzene rings is 1. The van der Waals surface area contributed by atoms with Gasteiger partial charge in [-0.3, -0.25) is 9.78 Å². The van der Waals surface area contributed by atoms with Gasteiger partial charge in [0.1, 0.15) is 5.69 Å². The van der Waals surface area contributed by atoms with Crippen LogP contribution in [0.15, 0.2) is 42.6 Å². The lowest BCUT2D eigenvalue weighted by Gasteiger charge is -2.05. The van der Waals surface area contributed by atoms with Crippen LogP contribution in [-0.4, -0.2) is 15.9 Å². The molecule has 2 aromatic heterocycles. The van der Waals surface area contributed by atoms with Crippen molar-refractivity contribution in [3.63, 3.8) is 0 Å². The monoisotopic (exact) mass is 286 g/mol. The van der Waals surface area contributed by atoms with E-state index in [-0.39, 0.29) is 5.91 Å². The quantitative estimate of drug-likeness (QED) is 0.633. The third kappa shape index (κ3) is 2.31. The minimum Gasteiger partial charge on any atom is -0.398 e. The summed E-state index contributed by atoms with van der Waals surface area (Å²) in [5.41, 5.74) is 8.67. The van der Waals surface area contributed by atoms with Gasteiger partial charge >= 0.3 is 0 Å². The van der Waals surface area contributed by atoms with Gasteiger partial charge in [-0.1, -0.05) is 11.6 Å². The van der Waals surface area contributed by atoms with E-state index < -0.39 is 0 Å². The van der Waals surface area contributed by atoms with Gasteiger partial charge < -0.3 is 16.0 Å². The Kier molecular flexibility index (Phi) is 3.04. The SMILES string of the molecule is Nc1ccc(NC(=O)c2cc3ncccc3[nH]2)cc1Cl. The molecule has 0 unspecified atom stereocenters. The highest BCUT2D eigenvalue weighted by molar-refractivity contribution is 6.33. The Bertz CT molecular complexity index is 764. The molecular formula is C14H11ClN4O. The highest BCUT2D eigenvalue weighted by Crippen LogP contribution is 2.23. The zero-order chi connectivity index (χ0) is 14.1. The molecule has 0 aliphatic rings. The summed E-state index contributed by atoms with van der Waals surface area (Å²) in [4.78, 5) is 19.3. The fourth-order valence-corrected chi connectivity index (χ4v) is 2.06. The first-order valence-corrected chi connectivity index (χ1v) is 6.31. The van der Waals surface area contributed by atoms with Gasteiger partial charge in [-0.15, -0.1) is 0 Å². The number of nitrogens with one attached hydrogen (secondary N) is 2. The van der Waals surface area contributed by atoms with Crippen LogP contribution in [0.4, 0.5) is 11.4 Å². The second-order valence-electron chi connectivity index (χ2n) is 4.31. The number of hydrogen-bond donors (Lipinski definition) is 3. The first kappa shape index (κ1) is 12.5. The van der Waals surface area contributed by atoms with Crippen LogP contribution in [-0.2, 0) is 0 Å². The maximum atomic E-state index is 12.1. The summed E-state index contributed by atoms with van der Waals surface area (Å²) >= 11 is 5.91. The Labute approximate surface area is 119 Å². The number of carbonyl (C=O) groups is 1. The number of hydrogen-bond acceptors (Lipinski definition) is 3. The largest absolute Gasteiger partial charge is 0.398 e. The van der Waals surface area contributed by atoms with Gasteiger partial charge in [-0.2, -0.15) is 0 Å². The van der Waals surface area contributed by atoms with Gasteiger partial charge in [0.2, 0.25) is 0 Å². The molecule has 0 spiro atoms. The lowest BCUT2D eigenvalue weighted by molar-refractivity contribution is 0.102. The molecule has 0 radical (unpaired) electrons. The van der Waals surface area contributed by atoms with E-state index in [0.29, 0.717) is 22.1 Å². The number of rotatable bonds is 2. The van der Waals surface area contributed by atoms with Crippen molar-refractivity contribution in [3.8, 4) is 0 Å². The van der Waals surface area contributed by atoms with E-state index in [1.807, 2.05) is 6.07 Å². The molecule has 3 rings (SSSR count). The normalized spacial score (nSPS) is 10.7. The van der Waals surface area contributed by atoms with Crippen molar-refractivity contribution in [3.05, 3.63) is 53.3 Å². The second kappa shape index (κ2) is 4.86. The average Bonchev–Trinajstić information content (AvgIpc) is 2.87. The number of anilines is 2. The molecule has 4 N–H and O–H groups in total. The predicted octanol–water partition coefficient (Wildman–Crippen LogP) is 3.05. The van der Waals surface area contributed by atoms with Crippen LogP contribution >= 0.6 is 11.6 Å². The van der Waals surface area contributed by atoms with E-state index in [9.17, 15) is 4.79 Å². The van der Waals surface area contributed by atoms with Crippen molar-refractivity contribution in [2.75, 3.05) is 11.1 Å². The summed E-state index contributed by atoms with van der Waals surface area (Å²) in [7, 11) is 0. The first-order valence-electron chi connectivity index (χ1n) is 5.93. The fourth-order valence-electron chi connectivity index (χ4n) is 1.88. The lowest BCUT2D eigenvalue weighted by atomic mass is 10.2. The molecule has 0 aliphatic carbocycles. The molecule has 0 bridgehead atoms. The summed E-state index contributed by atoms with van der Waals surface area (Å²) in [6.07, 6.45) is 1.68. The lowest BCUT2D eigenvalue weighted by Crippen LogP contribution is -2.12. The van der Waals surface area contributed by atoms with E-state index >= 15 is 0 Å². The highest BCUT2D eigenvalue weighted by Gasteiger charge is 2.10. The zero-order valence-corrected chi connectivity index (χ0v) is 11.1. The van der Waals surface area contributed by atoms with Crippen LogP contribution in [0, 0.1) is 0 Å². The van der Waals surface area contributed by atoms with Gasteiger partial charge in [0.05, 0.1) is 21.7 Å². The van der Waals surface area contributed by atoms with Crippen LogP contribution in [0.1, 0.15) is 10.5 Å². The summed E-state index contributed by atoms with van der Waals surface area (Å²) in [5.74, 6) is -0.260. The maximum absolute atomic E-state index is 12.1. The molecular weight excluding hydrogens is 276 g/mol. The van der Waals surface area contributed by atoms with Crippen molar-refractivity contribution in [1.82, 2.24) is 9.97 Å². The molecule has 1 amide bonds. The number of pyridine rings is 1. The van der Waals surface area contributed by atoms with Gasteiger partial charge in [0.15, 0.2) is 0 Å². The van der Waals surface area contributed by atoms with Crippen LogP contribution in [0.25, 0.3) is 11.0 Å². The van der Waals surface area contributed by atoms with E-state index in [0.717, 1.165) is 11.0 Å².